The van der Waals surface area contributed by atoms with Gasteiger partial charge in [0.25, 0.3) is 0 Å². The van der Waals surface area contributed by atoms with E-state index in [2.05, 4.69) is 10.3 Å². The zero-order valence-corrected chi connectivity index (χ0v) is 9.70. The third-order valence-corrected chi connectivity index (χ3v) is 2.25. The molecule has 2 N–H and O–H groups in total. The molecular formula is C10H13N3O5. The molecule has 0 saturated carbocycles. The van der Waals surface area contributed by atoms with Crippen molar-refractivity contribution in [1.29, 1.82) is 0 Å². The third-order valence-electron chi connectivity index (χ3n) is 2.25. The van der Waals surface area contributed by atoms with Crippen molar-refractivity contribution in [2.45, 2.75) is 12.5 Å². The standard InChI is InChI=1S/C10H13N3O5/c1-18-7(4-10(14)15)5-12-8-2-3-11-6-9(8)13(16)17/h2-3,6-7H,4-5H2,1H3,(H,11,12)(H,14,15). The second-order valence-electron chi connectivity index (χ2n) is 3.49. The minimum absolute atomic E-state index is 0.160. The van der Waals surface area contributed by atoms with E-state index in [1.807, 2.05) is 0 Å². The summed E-state index contributed by atoms with van der Waals surface area (Å²) in [5.41, 5.74) is 0.116. The number of nitrogens with one attached hydrogen (secondary N) is 1. The second kappa shape index (κ2) is 6.50. The van der Waals surface area contributed by atoms with Crippen molar-refractivity contribution in [3.8, 4) is 0 Å². The Labute approximate surface area is 103 Å². The van der Waals surface area contributed by atoms with Crippen molar-refractivity contribution in [3.05, 3.63) is 28.6 Å². The quantitative estimate of drug-likeness (QED) is 0.549. The van der Waals surface area contributed by atoms with Crippen LogP contribution in [-0.2, 0) is 9.53 Å². The summed E-state index contributed by atoms with van der Waals surface area (Å²) in [6.07, 6.45) is 1.80. The fraction of sp³-hybridized carbons (Fsp3) is 0.400. The highest BCUT2D eigenvalue weighted by Gasteiger charge is 2.16. The van der Waals surface area contributed by atoms with Gasteiger partial charge in [-0.25, -0.2) is 0 Å². The molecule has 0 spiro atoms. The van der Waals surface area contributed by atoms with E-state index in [0.29, 0.717) is 0 Å². The number of ether oxygens (including phenoxy) is 1. The molecule has 0 amide bonds. The number of pyridine rings is 1. The highest BCUT2D eigenvalue weighted by Crippen LogP contribution is 2.21. The van der Waals surface area contributed by atoms with Gasteiger partial charge >= 0.3 is 11.7 Å². The molecule has 0 radical (unpaired) electrons. The number of carboxylic acid groups (broad SMARTS) is 1. The van der Waals surface area contributed by atoms with Gasteiger partial charge in [0, 0.05) is 19.9 Å². The van der Waals surface area contributed by atoms with Crippen molar-refractivity contribution in [2.24, 2.45) is 0 Å². The molecule has 98 valence electrons. The number of rotatable bonds is 7. The van der Waals surface area contributed by atoms with E-state index in [0.717, 1.165) is 6.20 Å². The molecule has 1 rings (SSSR count). The lowest BCUT2D eigenvalue weighted by molar-refractivity contribution is -0.384. The number of nitro groups is 1. The molecule has 0 fully saturated rings. The highest BCUT2D eigenvalue weighted by atomic mass is 16.6. The van der Waals surface area contributed by atoms with Crippen LogP contribution < -0.4 is 5.32 Å². The maximum Gasteiger partial charge on any atom is 0.310 e. The Morgan fingerprint density at radius 1 is 1.72 bits per heavy atom. The SMILES string of the molecule is COC(CNc1ccncc1[N+](=O)[O-])CC(=O)O. The number of methoxy groups -OCH3 is 1. The summed E-state index contributed by atoms with van der Waals surface area (Å²) in [4.78, 5) is 24.3. The number of anilines is 1. The Balaban J connectivity index is 2.67. The monoisotopic (exact) mass is 255 g/mol. The molecule has 0 aliphatic heterocycles. The summed E-state index contributed by atoms with van der Waals surface area (Å²) < 4.78 is 4.95. The molecule has 0 aliphatic rings. The van der Waals surface area contributed by atoms with Crippen molar-refractivity contribution in [3.63, 3.8) is 0 Å². The molecule has 1 heterocycles. The first-order valence-electron chi connectivity index (χ1n) is 5.11. The summed E-state index contributed by atoms with van der Waals surface area (Å²) in [6, 6.07) is 1.45. The van der Waals surface area contributed by atoms with Crippen LogP contribution in [0.3, 0.4) is 0 Å². The number of carboxylic acids is 1. The summed E-state index contributed by atoms with van der Waals surface area (Å²) in [6.45, 7) is 0.160. The van der Waals surface area contributed by atoms with Gasteiger partial charge in [0.2, 0.25) is 0 Å². The normalized spacial score (nSPS) is 11.8. The molecule has 1 unspecified atom stereocenters. The number of nitrogens with zero attached hydrogens (tertiary/aromatic N) is 2. The van der Waals surface area contributed by atoms with Crippen LogP contribution in [0.15, 0.2) is 18.5 Å². The molecule has 0 bridgehead atoms. The molecule has 1 atom stereocenters. The summed E-state index contributed by atoms with van der Waals surface area (Å²) in [7, 11) is 1.39. The fourth-order valence-electron chi connectivity index (χ4n) is 1.34. The Morgan fingerprint density at radius 2 is 2.44 bits per heavy atom. The molecule has 1 aromatic heterocycles. The maximum absolute atomic E-state index is 10.7. The number of carbonyl (C=O) groups is 1. The maximum atomic E-state index is 10.7. The van der Waals surface area contributed by atoms with Crippen LogP contribution in [0.5, 0.6) is 0 Å². The van der Waals surface area contributed by atoms with Crippen LogP contribution in [0.4, 0.5) is 11.4 Å². The van der Waals surface area contributed by atoms with Crippen LogP contribution in [0.1, 0.15) is 6.42 Å². The van der Waals surface area contributed by atoms with E-state index in [9.17, 15) is 14.9 Å². The Kier molecular flexibility index (Phi) is 5.00. The molecule has 1 aromatic rings. The van der Waals surface area contributed by atoms with Gasteiger partial charge in [-0.05, 0) is 6.07 Å². The molecular weight excluding hydrogens is 242 g/mol. The predicted octanol–water partition coefficient (Wildman–Crippen LogP) is 0.891. The van der Waals surface area contributed by atoms with Gasteiger partial charge in [-0.15, -0.1) is 0 Å². The van der Waals surface area contributed by atoms with Crippen LogP contribution in [0.2, 0.25) is 0 Å². The van der Waals surface area contributed by atoms with Crippen LogP contribution >= 0.6 is 0 Å². The van der Waals surface area contributed by atoms with Gasteiger partial charge in [0.1, 0.15) is 11.9 Å². The van der Waals surface area contributed by atoms with Gasteiger partial charge in [0.15, 0.2) is 0 Å². The van der Waals surface area contributed by atoms with Gasteiger partial charge in [-0.2, -0.15) is 0 Å². The lowest BCUT2D eigenvalue weighted by Gasteiger charge is -2.14. The molecule has 0 aromatic carbocycles. The van der Waals surface area contributed by atoms with Crippen molar-refractivity contribution < 1.29 is 19.6 Å². The number of aliphatic carboxylic acids is 1. The predicted molar refractivity (Wildman–Crippen MR) is 62.4 cm³/mol. The lowest BCUT2D eigenvalue weighted by Crippen LogP contribution is -2.25. The first-order chi connectivity index (χ1) is 8.54. The second-order valence-corrected chi connectivity index (χ2v) is 3.49. The highest BCUT2D eigenvalue weighted by molar-refractivity contribution is 5.67. The first-order valence-corrected chi connectivity index (χ1v) is 5.11. The van der Waals surface area contributed by atoms with E-state index < -0.39 is 17.0 Å². The topological polar surface area (TPSA) is 115 Å². The Bertz CT molecular complexity index is 437. The zero-order valence-electron chi connectivity index (χ0n) is 9.70. The number of aromatic nitrogens is 1. The number of hydrogen-bond donors (Lipinski definition) is 2. The average Bonchev–Trinajstić information content (AvgIpc) is 2.34. The molecule has 0 aliphatic carbocycles. The van der Waals surface area contributed by atoms with E-state index in [-0.39, 0.29) is 24.3 Å². The molecule has 0 saturated heterocycles. The van der Waals surface area contributed by atoms with Crippen molar-refractivity contribution in [2.75, 3.05) is 19.0 Å². The number of hydrogen-bond acceptors (Lipinski definition) is 6. The largest absolute Gasteiger partial charge is 0.481 e. The summed E-state index contributed by atoms with van der Waals surface area (Å²) in [5.74, 6) is -0.993. The van der Waals surface area contributed by atoms with E-state index in [1.54, 1.807) is 0 Å². The van der Waals surface area contributed by atoms with Crippen LogP contribution in [0.25, 0.3) is 0 Å². The Hall–Kier alpha value is -2.22. The molecule has 8 nitrogen and oxygen atoms in total. The fourth-order valence-corrected chi connectivity index (χ4v) is 1.34. The first kappa shape index (κ1) is 13.8. The third kappa shape index (κ3) is 3.98. The van der Waals surface area contributed by atoms with E-state index in [1.165, 1.54) is 19.4 Å². The summed E-state index contributed by atoms with van der Waals surface area (Å²) in [5, 5.41) is 22.1. The lowest BCUT2D eigenvalue weighted by atomic mass is 10.2. The van der Waals surface area contributed by atoms with Gasteiger partial charge in [-0.1, -0.05) is 0 Å². The van der Waals surface area contributed by atoms with Gasteiger partial charge in [-0.3, -0.25) is 19.9 Å². The zero-order chi connectivity index (χ0) is 13.5. The smallest absolute Gasteiger partial charge is 0.310 e. The van der Waals surface area contributed by atoms with Gasteiger partial charge in [0.05, 0.1) is 17.4 Å². The van der Waals surface area contributed by atoms with Crippen molar-refractivity contribution in [1.82, 2.24) is 4.98 Å². The van der Waals surface area contributed by atoms with Crippen molar-refractivity contribution >= 4 is 17.3 Å². The minimum atomic E-state index is -0.993. The average molecular weight is 255 g/mol. The molecule has 18 heavy (non-hydrogen) atoms. The Morgan fingerprint density at radius 3 is 3.00 bits per heavy atom. The van der Waals surface area contributed by atoms with Crippen LogP contribution in [0, 0.1) is 10.1 Å². The van der Waals surface area contributed by atoms with E-state index in [4.69, 9.17) is 9.84 Å². The minimum Gasteiger partial charge on any atom is -0.481 e. The van der Waals surface area contributed by atoms with Gasteiger partial charge < -0.3 is 15.2 Å². The van der Waals surface area contributed by atoms with Crippen LogP contribution in [-0.4, -0.2) is 40.7 Å². The molecule has 8 heteroatoms. The summed E-state index contributed by atoms with van der Waals surface area (Å²) >= 11 is 0. The van der Waals surface area contributed by atoms with E-state index >= 15 is 0 Å².